The van der Waals surface area contributed by atoms with Gasteiger partial charge >= 0.3 is 0 Å². The Labute approximate surface area is 198 Å². The predicted molar refractivity (Wildman–Crippen MR) is 117 cm³/mol. The van der Waals surface area contributed by atoms with Crippen molar-refractivity contribution in [2.75, 3.05) is 19.8 Å². The minimum atomic E-state index is -1.01. The van der Waals surface area contributed by atoms with Gasteiger partial charge in [-0.2, -0.15) is 0 Å². The number of hydrogen-bond donors (Lipinski definition) is 2. The molecule has 11 heteroatoms. The van der Waals surface area contributed by atoms with Gasteiger partial charge in [0.05, 0.1) is 18.2 Å². The number of pyridine rings is 1. The van der Waals surface area contributed by atoms with E-state index in [1.807, 2.05) is 0 Å². The molecule has 0 bridgehead atoms. The quantitative estimate of drug-likeness (QED) is 0.640. The summed E-state index contributed by atoms with van der Waals surface area (Å²) in [6.07, 6.45) is 4.27. The number of aromatic hydroxyl groups is 1. The van der Waals surface area contributed by atoms with Gasteiger partial charge in [-0.05, 0) is 31.7 Å². The molecule has 0 radical (unpaired) electrons. The van der Waals surface area contributed by atoms with Crippen LogP contribution in [0.1, 0.15) is 58.1 Å². The Balaban J connectivity index is 1.52. The topological polar surface area (TPSA) is 101 Å². The van der Waals surface area contributed by atoms with Crippen molar-refractivity contribution in [2.24, 2.45) is 0 Å². The summed E-state index contributed by atoms with van der Waals surface area (Å²) in [7, 11) is 0. The number of aromatic nitrogens is 1. The Hall–Kier alpha value is -2.98. The Kier molecular flexibility index (Phi) is 5.60. The smallest absolute Gasteiger partial charge is 0.275 e. The largest absolute Gasteiger partial charge is 0.503 e. The van der Waals surface area contributed by atoms with E-state index >= 15 is 0 Å². The molecule has 2 atom stereocenters. The number of nitrogens with zero attached hydrogens (tertiary/aromatic N) is 2. The molecule has 8 nitrogen and oxygen atoms in total. The molecule has 180 valence electrons. The van der Waals surface area contributed by atoms with Crippen molar-refractivity contribution in [3.63, 3.8) is 0 Å². The zero-order valence-electron chi connectivity index (χ0n) is 18.1. The van der Waals surface area contributed by atoms with Gasteiger partial charge in [-0.3, -0.25) is 14.4 Å². The third-order valence-corrected chi connectivity index (χ3v) is 7.43. The zero-order valence-corrected chi connectivity index (χ0v) is 18.8. The van der Waals surface area contributed by atoms with Crippen LogP contribution in [0, 0.1) is 11.6 Å². The third-order valence-electron chi connectivity index (χ3n) is 7.08. The first-order valence-corrected chi connectivity index (χ1v) is 11.4. The highest BCUT2D eigenvalue weighted by molar-refractivity contribution is 6.30. The van der Waals surface area contributed by atoms with Gasteiger partial charge in [-0.1, -0.05) is 17.7 Å². The predicted octanol–water partition coefficient (Wildman–Crippen LogP) is 2.76. The average molecular weight is 494 g/mol. The second kappa shape index (κ2) is 8.35. The molecule has 5 rings (SSSR count). The lowest BCUT2D eigenvalue weighted by Gasteiger charge is -2.57. The molecule has 4 heterocycles. The van der Waals surface area contributed by atoms with Gasteiger partial charge in [0.2, 0.25) is 5.43 Å². The molecule has 2 fully saturated rings. The van der Waals surface area contributed by atoms with E-state index in [9.17, 15) is 28.3 Å². The van der Waals surface area contributed by atoms with Crippen LogP contribution in [-0.4, -0.2) is 51.7 Å². The maximum atomic E-state index is 14.2. The highest BCUT2D eigenvalue weighted by Gasteiger charge is 2.55. The summed E-state index contributed by atoms with van der Waals surface area (Å²) in [4.78, 5) is 40.8. The lowest BCUT2D eigenvalue weighted by molar-refractivity contribution is -0.0944. The lowest BCUT2D eigenvalue weighted by atomic mass is 9.75. The van der Waals surface area contributed by atoms with Crippen molar-refractivity contribution >= 4 is 23.4 Å². The van der Waals surface area contributed by atoms with Gasteiger partial charge in [0.25, 0.3) is 11.8 Å². The van der Waals surface area contributed by atoms with Crippen molar-refractivity contribution in [3.05, 3.63) is 62.0 Å². The summed E-state index contributed by atoms with van der Waals surface area (Å²) in [6, 6.07) is 1.83. The summed E-state index contributed by atoms with van der Waals surface area (Å²) >= 11 is 5.58. The molecule has 3 aliphatic rings. The fourth-order valence-electron chi connectivity index (χ4n) is 5.41. The van der Waals surface area contributed by atoms with E-state index < -0.39 is 45.2 Å². The first-order chi connectivity index (χ1) is 16.3. The minimum Gasteiger partial charge on any atom is -0.503 e. The van der Waals surface area contributed by atoms with Crippen LogP contribution in [0.2, 0.25) is 5.02 Å². The number of amides is 2. The summed E-state index contributed by atoms with van der Waals surface area (Å²) in [5, 5.41) is 12.4. The van der Waals surface area contributed by atoms with Crippen LogP contribution < -0.4 is 10.7 Å². The van der Waals surface area contributed by atoms with E-state index in [4.69, 9.17) is 16.3 Å². The Morgan fingerprint density at radius 1 is 1.29 bits per heavy atom. The SMILES string of the molecule is O=C(NCc1ccc(F)c(Cl)c1F)c1cn2c(c(O)c1=O)C(=O)N1CCCC[C@]13COCC[C@H]23. The number of carbonyl (C=O) groups is 2. The molecular formula is C23H22ClF2N3O5. The first kappa shape index (κ1) is 22.8. The van der Waals surface area contributed by atoms with Gasteiger partial charge in [-0.15, -0.1) is 0 Å². The highest BCUT2D eigenvalue weighted by atomic mass is 35.5. The van der Waals surface area contributed by atoms with Crippen LogP contribution in [0.3, 0.4) is 0 Å². The van der Waals surface area contributed by atoms with Crippen LogP contribution >= 0.6 is 11.6 Å². The Morgan fingerprint density at radius 2 is 2.09 bits per heavy atom. The van der Waals surface area contributed by atoms with Gasteiger partial charge in [0.15, 0.2) is 11.4 Å². The van der Waals surface area contributed by atoms with Crippen molar-refractivity contribution < 1.29 is 28.2 Å². The Morgan fingerprint density at radius 3 is 2.88 bits per heavy atom. The molecule has 2 aromatic rings. The maximum Gasteiger partial charge on any atom is 0.275 e. The van der Waals surface area contributed by atoms with E-state index in [0.717, 1.165) is 25.0 Å². The molecule has 2 amide bonds. The maximum absolute atomic E-state index is 14.2. The van der Waals surface area contributed by atoms with Crippen molar-refractivity contribution in [1.29, 1.82) is 0 Å². The van der Waals surface area contributed by atoms with Crippen molar-refractivity contribution in [1.82, 2.24) is 14.8 Å². The number of benzene rings is 1. The molecule has 1 aromatic carbocycles. The van der Waals surface area contributed by atoms with Crippen molar-refractivity contribution in [3.8, 4) is 5.75 Å². The number of nitrogens with one attached hydrogen (secondary N) is 1. The number of halogens is 3. The van der Waals surface area contributed by atoms with Gasteiger partial charge in [0, 0.05) is 31.5 Å². The number of rotatable bonds is 3. The summed E-state index contributed by atoms with van der Waals surface area (Å²) in [5.41, 5.74) is -2.19. The van der Waals surface area contributed by atoms with E-state index in [1.54, 1.807) is 4.90 Å². The second-order valence-electron chi connectivity index (χ2n) is 8.87. The van der Waals surface area contributed by atoms with E-state index in [0.29, 0.717) is 32.6 Å². The monoisotopic (exact) mass is 493 g/mol. The van der Waals surface area contributed by atoms with Crippen LogP contribution in [0.5, 0.6) is 5.75 Å². The van der Waals surface area contributed by atoms with Crippen LogP contribution in [0.15, 0.2) is 23.1 Å². The molecule has 0 aliphatic carbocycles. The van der Waals surface area contributed by atoms with E-state index in [1.165, 1.54) is 10.8 Å². The number of piperidine rings is 1. The van der Waals surface area contributed by atoms with Crippen LogP contribution in [0.25, 0.3) is 0 Å². The van der Waals surface area contributed by atoms with Crippen LogP contribution in [-0.2, 0) is 11.3 Å². The standard InChI is InChI=1S/C23H22ClF2N3O5/c24-16-14(25)4-3-12(17(16)26)9-27-21(32)13-10-28-15-5-8-34-11-23(15)6-1-2-7-29(23)22(33)18(28)20(31)19(13)30/h3-4,10,15,31H,1-2,5-9,11H2,(H,27,32)/t15-,23+/m0/s1. The zero-order chi connectivity index (χ0) is 24.2. The van der Waals surface area contributed by atoms with Gasteiger partial charge < -0.3 is 24.6 Å². The molecule has 1 aromatic heterocycles. The minimum absolute atomic E-state index is 0.0709. The van der Waals surface area contributed by atoms with E-state index in [2.05, 4.69) is 5.32 Å². The molecule has 1 spiro atoms. The molecule has 0 unspecified atom stereocenters. The fourth-order valence-corrected chi connectivity index (χ4v) is 5.59. The van der Waals surface area contributed by atoms with Gasteiger partial charge in [-0.25, -0.2) is 8.78 Å². The second-order valence-corrected chi connectivity index (χ2v) is 9.25. The number of carbonyl (C=O) groups excluding carboxylic acids is 2. The molecule has 2 N–H and O–H groups in total. The molecular weight excluding hydrogens is 472 g/mol. The molecule has 3 aliphatic heterocycles. The summed E-state index contributed by atoms with van der Waals surface area (Å²) in [5.74, 6) is -4.07. The fraction of sp³-hybridized carbons (Fsp3) is 0.435. The highest BCUT2D eigenvalue weighted by Crippen LogP contribution is 2.47. The van der Waals surface area contributed by atoms with E-state index in [-0.39, 0.29) is 29.4 Å². The number of ether oxygens (including phenoxy) is 1. The number of hydrogen-bond acceptors (Lipinski definition) is 5. The van der Waals surface area contributed by atoms with Gasteiger partial charge in [0.1, 0.15) is 22.2 Å². The summed E-state index contributed by atoms with van der Waals surface area (Å²) in [6.45, 7) is 0.912. The number of fused-ring (bicyclic) bond motifs is 2. The van der Waals surface area contributed by atoms with Crippen LogP contribution in [0.4, 0.5) is 8.78 Å². The third kappa shape index (κ3) is 3.31. The molecule has 34 heavy (non-hydrogen) atoms. The molecule has 2 saturated heterocycles. The Bertz CT molecular complexity index is 1260. The average Bonchev–Trinajstić information content (AvgIpc) is 2.83. The lowest BCUT2D eigenvalue weighted by Crippen LogP contribution is -2.66. The summed E-state index contributed by atoms with van der Waals surface area (Å²) < 4.78 is 34.8. The van der Waals surface area contributed by atoms with Crippen molar-refractivity contribution in [2.45, 2.75) is 43.8 Å². The first-order valence-electron chi connectivity index (χ1n) is 11.0. The molecule has 0 saturated carbocycles. The normalized spacial score (nSPS) is 23.7.